The van der Waals surface area contributed by atoms with Crippen molar-refractivity contribution in [1.82, 2.24) is 5.32 Å². The van der Waals surface area contributed by atoms with Crippen molar-refractivity contribution < 1.29 is 9.59 Å². The monoisotopic (exact) mass is 231 g/mol. The van der Waals surface area contributed by atoms with Gasteiger partial charge in [-0.15, -0.1) is 0 Å². The minimum absolute atomic E-state index is 0.0930. The third kappa shape index (κ3) is 2.54. The molecule has 1 saturated heterocycles. The zero-order valence-electron chi connectivity index (χ0n) is 10.2. The molecule has 1 unspecified atom stereocenters. The van der Waals surface area contributed by atoms with Crippen molar-refractivity contribution in [2.24, 2.45) is 0 Å². The lowest BCUT2D eigenvalue weighted by atomic mass is 9.88. The van der Waals surface area contributed by atoms with Crippen molar-refractivity contribution in [2.75, 3.05) is 6.54 Å². The summed E-state index contributed by atoms with van der Waals surface area (Å²) in [4.78, 5) is 22.7. The Morgan fingerprint density at radius 2 is 2.18 bits per heavy atom. The second kappa shape index (κ2) is 4.70. The summed E-state index contributed by atoms with van der Waals surface area (Å²) in [6.45, 7) is 4.27. The van der Waals surface area contributed by atoms with Crippen LogP contribution in [0.4, 0.5) is 0 Å². The number of aryl methyl sites for hydroxylation is 1. The minimum atomic E-state index is 0.0930. The summed E-state index contributed by atoms with van der Waals surface area (Å²) in [5.74, 6) is 0.508. The van der Waals surface area contributed by atoms with Crippen LogP contribution >= 0.6 is 0 Å². The molecule has 90 valence electrons. The molecule has 3 nitrogen and oxygen atoms in total. The quantitative estimate of drug-likeness (QED) is 0.793. The van der Waals surface area contributed by atoms with E-state index in [2.05, 4.69) is 5.32 Å². The number of nitrogens with one attached hydrogen (secondary N) is 1. The lowest BCUT2D eigenvalue weighted by Gasteiger charge is -2.23. The Morgan fingerprint density at radius 3 is 2.76 bits per heavy atom. The van der Waals surface area contributed by atoms with Crippen LogP contribution in [0.25, 0.3) is 0 Å². The first kappa shape index (κ1) is 11.8. The summed E-state index contributed by atoms with van der Waals surface area (Å²) in [5.41, 5.74) is 2.94. The smallest absolute Gasteiger partial charge is 0.220 e. The van der Waals surface area contributed by atoms with Gasteiger partial charge in [-0.25, -0.2) is 0 Å². The van der Waals surface area contributed by atoms with Crippen LogP contribution in [0, 0.1) is 6.92 Å². The Morgan fingerprint density at radius 1 is 1.41 bits per heavy atom. The lowest BCUT2D eigenvalue weighted by molar-refractivity contribution is -0.122. The number of benzene rings is 1. The summed E-state index contributed by atoms with van der Waals surface area (Å²) in [6.07, 6.45) is 1.53. The molecule has 1 aromatic carbocycles. The molecule has 1 aromatic rings. The number of carbonyl (C=O) groups excluding carboxylic acids is 2. The van der Waals surface area contributed by atoms with Gasteiger partial charge in [-0.05, 0) is 37.3 Å². The molecule has 3 heteroatoms. The molecule has 17 heavy (non-hydrogen) atoms. The van der Waals surface area contributed by atoms with E-state index in [0.29, 0.717) is 12.3 Å². The second-order valence-electron chi connectivity index (χ2n) is 4.67. The highest BCUT2D eigenvalue weighted by atomic mass is 16.1. The van der Waals surface area contributed by atoms with Crippen LogP contribution < -0.4 is 5.32 Å². The Balaban J connectivity index is 2.25. The van der Waals surface area contributed by atoms with Crippen LogP contribution in [-0.2, 0) is 4.79 Å². The highest BCUT2D eigenvalue weighted by molar-refractivity contribution is 5.95. The molecule has 1 fully saturated rings. The summed E-state index contributed by atoms with van der Waals surface area (Å²) >= 11 is 0. The van der Waals surface area contributed by atoms with E-state index in [4.69, 9.17) is 0 Å². The van der Waals surface area contributed by atoms with Crippen LogP contribution in [-0.4, -0.2) is 18.2 Å². The normalized spacial score (nSPS) is 19.9. The molecule has 1 amide bonds. The van der Waals surface area contributed by atoms with Crippen molar-refractivity contribution in [1.29, 1.82) is 0 Å². The first-order valence-corrected chi connectivity index (χ1v) is 5.96. The molecule has 1 heterocycles. The number of rotatable bonds is 2. The highest BCUT2D eigenvalue weighted by Gasteiger charge is 2.21. The van der Waals surface area contributed by atoms with E-state index in [9.17, 15) is 9.59 Å². The number of ketones is 1. The number of hydrogen-bond donors (Lipinski definition) is 1. The fraction of sp³-hybridized carbons (Fsp3) is 0.429. The van der Waals surface area contributed by atoms with Gasteiger partial charge in [-0.3, -0.25) is 9.59 Å². The molecule has 0 radical (unpaired) electrons. The lowest BCUT2D eigenvalue weighted by Crippen LogP contribution is -2.32. The van der Waals surface area contributed by atoms with Crippen LogP contribution in [0.5, 0.6) is 0 Å². The van der Waals surface area contributed by atoms with Gasteiger partial charge in [0, 0.05) is 18.5 Å². The molecule has 0 aromatic heterocycles. The van der Waals surface area contributed by atoms with Crippen molar-refractivity contribution in [3.8, 4) is 0 Å². The molecule has 0 bridgehead atoms. The van der Waals surface area contributed by atoms with E-state index in [1.807, 2.05) is 25.1 Å². The van der Waals surface area contributed by atoms with Gasteiger partial charge in [0.1, 0.15) is 0 Å². The predicted octanol–water partition coefficient (Wildman–Crippen LogP) is 2.19. The third-order valence-corrected chi connectivity index (χ3v) is 3.35. The van der Waals surface area contributed by atoms with E-state index >= 15 is 0 Å². The third-order valence-electron chi connectivity index (χ3n) is 3.35. The second-order valence-corrected chi connectivity index (χ2v) is 4.67. The molecule has 2 rings (SSSR count). The average molecular weight is 231 g/mol. The standard InChI is InChI=1S/C14H17NO2/c1-9-7-11(3-4-13(9)10(2)16)12-5-6-15-14(17)8-12/h3-4,7,12H,5-6,8H2,1-2H3,(H,15,17). The maximum atomic E-state index is 11.3. The highest BCUT2D eigenvalue weighted by Crippen LogP contribution is 2.27. The van der Waals surface area contributed by atoms with Gasteiger partial charge in [0.15, 0.2) is 5.78 Å². The summed E-state index contributed by atoms with van der Waals surface area (Å²) < 4.78 is 0. The average Bonchev–Trinajstić information content (AvgIpc) is 2.28. The molecule has 1 N–H and O–H groups in total. The van der Waals surface area contributed by atoms with Gasteiger partial charge in [0.2, 0.25) is 5.91 Å². The van der Waals surface area contributed by atoms with Crippen LogP contribution in [0.1, 0.15) is 47.2 Å². The Kier molecular flexibility index (Phi) is 3.27. The number of Topliss-reactive ketones (excluding diaryl/α,β-unsaturated/α-hetero) is 1. The van der Waals surface area contributed by atoms with E-state index in [-0.39, 0.29) is 11.7 Å². The van der Waals surface area contributed by atoms with E-state index in [1.54, 1.807) is 6.92 Å². The van der Waals surface area contributed by atoms with Crippen molar-refractivity contribution >= 4 is 11.7 Å². The van der Waals surface area contributed by atoms with Gasteiger partial charge in [-0.2, -0.15) is 0 Å². The fourth-order valence-electron chi connectivity index (χ4n) is 2.40. The van der Waals surface area contributed by atoms with Crippen LogP contribution in [0.3, 0.4) is 0 Å². The number of piperidine rings is 1. The molecule has 1 aliphatic heterocycles. The van der Waals surface area contributed by atoms with Crippen LogP contribution in [0.15, 0.2) is 18.2 Å². The summed E-state index contributed by atoms with van der Waals surface area (Å²) in [6, 6.07) is 5.90. The Bertz CT molecular complexity index is 465. The van der Waals surface area contributed by atoms with E-state index in [1.165, 1.54) is 5.56 Å². The SMILES string of the molecule is CC(=O)c1ccc(C2CCNC(=O)C2)cc1C. The molecule has 0 spiro atoms. The maximum absolute atomic E-state index is 11.3. The summed E-state index contributed by atoms with van der Waals surface area (Å²) in [7, 11) is 0. The van der Waals surface area contributed by atoms with Gasteiger partial charge < -0.3 is 5.32 Å². The molecular weight excluding hydrogens is 214 g/mol. The molecule has 1 aliphatic rings. The maximum Gasteiger partial charge on any atom is 0.220 e. The van der Waals surface area contributed by atoms with Gasteiger partial charge in [-0.1, -0.05) is 18.2 Å². The van der Waals surface area contributed by atoms with E-state index in [0.717, 1.165) is 24.1 Å². The Hall–Kier alpha value is -1.64. The van der Waals surface area contributed by atoms with Gasteiger partial charge in [0.25, 0.3) is 0 Å². The first-order chi connectivity index (χ1) is 8.08. The molecular formula is C14H17NO2. The number of hydrogen-bond acceptors (Lipinski definition) is 2. The van der Waals surface area contributed by atoms with Gasteiger partial charge >= 0.3 is 0 Å². The largest absolute Gasteiger partial charge is 0.356 e. The predicted molar refractivity (Wildman–Crippen MR) is 66.2 cm³/mol. The fourth-order valence-corrected chi connectivity index (χ4v) is 2.40. The minimum Gasteiger partial charge on any atom is -0.356 e. The topological polar surface area (TPSA) is 46.2 Å². The van der Waals surface area contributed by atoms with Crippen LogP contribution in [0.2, 0.25) is 0 Å². The zero-order valence-corrected chi connectivity index (χ0v) is 10.2. The van der Waals surface area contributed by atoms with E-state index < -0.39 is 0 Å². The van der Waals surface area contributed by atoms with Crippen molar-refractivity contribution in [2.45, 2.75) is 32.6 Å². The van der Waals surface area contributed by atoms with Crippen molar-refractivity contribution in [3.63, 3.8) is 0 Å². The van der Waals surface area contributed by atoms with Crippen molar-refractivity contribution in [3.05, 3.63) is 34.9 Å². The molecule has 0 saturated carbocycles. The molecule has 1 atom stereocenters. The Labute approximate surface area is 101 Å². The zero-order chi connectivity index (χ0) is 12.4. The summed E-state index contributed by atoms with van der Waals surface area (Å²) in [5, 5.41) is 2.83. The van der Waals surface area contributed by atoms with Gasteiger partial charge in [0.05, 0.1) is 0 Å². The number of carbonyl (C=O) groups is 2. The first-order valence-electron chi connectivity index (χ1n) is 5.96. The molecule has 0 aliphatic carbocycles. The number of amides is 1.